The summed E-state index contributed by atoms with van der Waals surface area (Å²) in [4.78, 5) is 23.7. The number of nitrogens with zero attached hydrogens (tertiary/aromatic N) is 1. The molecule has 0 atom stereocenters. The zero-order valence-electron chi connectivity index (χ0n) is 14.6. The summed E-state index contributed by atoms with van der Waals surface area (Å²) >= 11 is 3.38. The molecule has 0 aliphatic rings. The number of carbonyl (C=O) groups is 2. The van der Waals surface area contributed by atoms with Crippen molar-refractivity contribution in [1.82, 2.24) is 5.43 Å². The topological polar surface area (TPSA) is 79.8 Å². The quantitative estimate of drug-likeness (QED) is 0.410. The van der Waals surface area contributed by atoms with Gasteiger partial charge in [0.05, 0.1) is 12.8 Å². The highest BCUT2D eigenvalue weighted by molar-refractivity contribution is 9.10. The molecule has 0 fully saturated rings. The lowest BCUT2D eigenvalue weighted by atomic mass is 10.2. The van der Waals surface area contributed by atoms with Crippen molar-refractivity contribution in [1.29, 1.82) is 0 Å². The molecule has 0 radical (unpaired) electrons. The molecule has 0 aliphatic heterocycles. The highest BCUT2D eigenvalue weighted by Crippen LogP contribution is 2.21. The number of hydrogen-bond donors (Lipinski definition) is 2. The molecule has 2 amide bonds. The van der Waals surface area contributed by atoms with Gasteiger partial charge in [-0.25, -0.2) is 5.43 Å². The van der Waals surface area contributed by atoms with E-state index in [2.05, 4.69) is 31.8 Å². The monoisotopic (exact) mass is 417 g/mol. The Morgan fingerprint density at radius 1 is 1.15 bits per heavy atom. The Morgan fingerprint density at radius 2 is 1.88 bits per heavy atom. The number of ether oxygens (including phenoxy) is 1. The fourth-order valence-electron chi connectivity index (χ4n) is 2.11. The van der Waals surface area contributed by atoms with Gasteiger partial charge in [0.15, 0.2) is 0 Å². The maximum Gasteiger partial charge on any atom is 0.249 e. The lowest BCUT2D eigenvalue weighted by molar-refractivity contribution is -0.126. The van der Waals surface area contributed by atoms with Gasteiger partial charge in [-0.05, 0) is 44.2 Å². The molecule has 0 aromatic heterocycles. The number of carbonyl (C=O) groups excluding carboxylic acids is 2. The number of rotatable bonds is 7. The highest BCUT2D eigenvalue weighted by Gasteiger charge is 2.09. The van der Waals surface area contributed by atoms with Crippen molar-refractivity contribution >= 4 is 39.6 Å². The maximum atomic E-state index is 11.9. The van der Waals surface area contributed by atoms with Gasteiger partial charge in [-0.15, -0.1) is 0 Å². The summed E-state index contributed by atoms with van der Waals surface area (Å²) in [5.41, 5.74) is 4.80. The molecule has 0 spiro atoms. The van der Waals surface area contributed by atoms with Crippen molar-refractivity contribution in [3.8, 4) is 5.75 Å². The van der Waals surface area contributed by atoms with E-state index in [1.54, 1.807) is 12.1 Å². The van der Waals surface area contributed by atoms with Crippen molar-refractivity contribution in [3.05, 3.63) is 58.1 Å². The van der Waals surface area contributed by atoms with Crippen LogP contribution < -0.4 is 15.5 Å². The van der Waals surface area contributed by atoms with Gasteiger partial charge in [-0.1, -0.05) is 33.6 Å². The number of aryl methyl sites for hydroxylation is 1. The molecule has 0 heterocycles. The standard InChI is InChI=1S/C19H20BrN3O3/c1-3-26-17-9-6-15(20)10-14(17)12-21-23-19(25)11-18(24)22-16-7-4-13(2)5-8-16/h4-10,12H,3,11H2,1-2H3,(H,22,24)(H,23,25). The third-order valence-corrected chi connectivity index (χ3v) is 3.81. The lowest BCUT2D eigenvalue weighted by Gasteiger charge is -2.07. The minimum Gasteiger partial charge on any atom is -0.493 e. The van der Waals surface area contributed by atoms with Crippen LogP contribution in [0.4, 0.5) is 5.69 Å². The second-order valence-corrected chi connectivity index (χ2v) is 6.41. The smallest absolute Gasteiger partial charge is 0.249 e. The molecular weight excluding hydrogens is 398 g/mol. The molecule has 136 valence electrons. The van der Waals surface area contributed by atoms with E-state index in [1.807, 2.05) is 44.2 Å². The van der Waals surface area contributed by atoms with E-state index in [4.69, 9.17) is 4.74 Å². The zero-order chi connectivity index (χ0) is 18.9. The molecule has 2 aromatic rings. The van der Waals surface area contributed by atoms with Crippen LogP contribution in [0.2, 0.25) is 0 Å². The first-order valence-corrected chi connectivity index (χ1v) is 8.88. The van der Waals surface area contributed by atoms with E-state index in [0.29, 0.717) is 23.6 Å². The van der Waals surface area contributed by atoms with Gasteiger partial charge in [-0.2, -0.15) is 5.10 Å². The predicted molar refractivity (Wildman–Crippen MR) is 105 cm³/mol. The second-order valence-electron chi connectivity index (χ2n) is 5.50. The molecule has 0 bridgehead atoms. The number of hydrogen-bond acceptors (Lipinski definition) is 4. The third-order valence-electron chi connectivity index (χ3n) is 3.32. The van der Waals surface area contributed by atoms with E-state index >= 15 is 0 Å². The average Bonchev–Trinajstić information content (AvgIpc) is 2.59. The van der Waals surface area contributed by atoms with Crippen molar-refractivity contribution < 1.29 is 14.3 Å². The van der Waals surface area contributed by atoms with Crippen LogP contribution in [0.1, 0.15) is 24.5 Å². The van der Waals surface area contributed by atoms with Crippen molar-refractivity contribution in [3.63, 3.8) is 0 Å². The van der Waals surface area contributed by atoms with Crippen LogP contribution in [-0.4, -0.2) is 24.6 Å². The van der Waals surface area contributed by atoms with Crippen molar-refractivity contribution in [2.45, 2.75) is 20.3 Å². The van der Waals surface area contributed by atoms with Gasteiger partial charge in [0.25, 0.3) is 0 Å². The highest BCUT2D eigenvalue weighted by atomic mass is 79.9. The van der Waals surface area contributed by atoms with Gasteiger partial charge < -0.3 is 10.1 Å². The number of anilines is 1. The Morgan fingerprint density at radius 3 is 2.58 bits per heavy atom. The fourth-order valence-corrected chi connectivity index (χ4v) is 2.49. The Labute approximate surface area is 160 Å². The molecule has 2 rings (SSSR count). The molecule has 7 heteroatoms. The average molecular weight is 418 g/mol. The van der Waals surface area contributed by atoms with Crippen molar-refractivity contribution in [2.24, 2.45) is 5.10 Å². The number of nitrogens with one attached hydrogen (secondary N) is 2. The summed E-state index contributed by atoms with van der Waals surface area (Å²) < 4.78 is 6.37. The second kappa shape index (κ2) is 9.72. The van der Waals surface area contributed by atoms with Gasteiger partial charge in [0.1, 0.15) is 12.2 Å². The number of hydrazone groups is 1. The molecule has 0 aliphatic carbocycles. The molecule has 0 unspecified atom stereocenters. The number of halogens is 1. The largest absolute Gasteiger partial charge is 0.493 e. The normalized spacial score (nSPS) is 10.6. The van der Waals surface area contributed by atoms with Crippen LogP contribution in [0.3, 0.4) is 0 Å². The van der Waals surface area contributed by atoms with Crippen LogP contribution >= 0.6 is 15.9 Å². The summed E-state index contributed by atoms with van der Waals surface area (Å²) in [6.07, 6.45) is 1.16. The molecule has 0 saturated heterocycles. The minimum absolute atomic E-state index is 0.317. The molecule has 0 saturated carbocycles. The van der Waals surface area contributed by atoms with Gasteiger partial charge in [0.2, 0.25) is 11.8 Å². The van der Waals surface area contributed by atoms with Crippen LogP contribution in [0, 0.1) is 6.92 Å². The molecule has 26 heavy (non-hydrogen) atoms. The van der Waals surface area contributed by atoms with E-state index in [1.165, 1.54) is 6.21 Å². The first kappa shape index (κ1) is 19.7. The summed E-state index contributed by atoms with van der Waals surface area (Å²) in [6, 6.07) is 12.8. The number of benzene rings is 2. The Kier molecular flexibility index (Phi) is 7.35. The third kappa shape index (κ3) is 6.33. The first-order valence-electron chi connectivity index (χ1n) is 8.08. The molecule has 6 nitrogen and oxygen atoms in total. The predicted octanol–water partition coefficient (Wildman–Crippen LogP) is 3.64. The lowest BCUT2D eigenvalue weighted by Crippen LogP contribution is -2.24. The Bertz CT molecular complexity index is 804. The Balaban J connectivity index is 1.88. The number of amides is 2. The summed E-state index contributed by atoms with van der Waals surface area (Å²) in [5.74, 6) is -0.247. The van der Waals surface area contributed by atoms with E-state index < -0.39 is 11.8 Å². The van der Waals surface area contributed by atoms with Crippen LogP contribution in [-0.2, 0) is 9.59 Å². The van der Waals surface area contributed by atoms with E-state index in [9.17, 15) is 9.59 Å². The zero-order valence-corrected chi connectivity index (χ0v) is 16.2. The summed E-state index contributed by atoms with van der Waals surface area (Å²) in [7, 11) is 0. The summed E-state index contributed by atoms with van der Waals surface area (Å²) in [6.45, 7) is 4.37. The van der Waals surface area contributed by atoms with Gasteiger partial charge >= 0.3 is 0 Å². The van der Waals surface area contributed by atoms with Crippen molar-refractivity contribution in [2.75, 3.05) is 11.9 Å². The van der Waals surface area contributed by atoms with E-state index in [-0.39, 0.29) is 6.42 Å². The molecule has 2 N–H and O–H groups in total. The first-order chi connectivity index (χ1) is 12.5. The van der Waals surface area contributed by atoms with Gasteiger partial charge in [-0.3, -0.25) is 9.59 Å². The SMILES string of the molecule is CCOc1ccc(Br)cc1C=NNC(=O)CC(=O)Nc1ccc(C)cc1. The van der Waals surface area contributed by atoms with Crippen LogP contribution in [0.15, 0.2) is 52.0 Å². The Hall–Kier alpha value is -2.67. The van der Waals surface area contributed by atoms with E-state index in [0.717, 1.165) is 10.0 Å². The summed E-state index contributed by atoms with van der Waals surface area (Å²) in [5, 5.41) is 6.56. The fraction of sp³-hybridized carbons (Fsp3) is 0.211. The minimum atomic E-state index is -0.501. The molecule has 2 aromatic carbocycles. The van der Waals surface area contributed by atoms with Crippen LogP contribution in [0.25, 0.3) is 0 Å². The van der Waals surface area contributed by atoms with Crippen LogP contribution in [0.5, 0.6) is 5.75 Å². The maximum absolute atomic E-state index is 11.9. The van der Waals surface area contributed by atoms with Gasteiger partial charge in [0, 0.05) is 15.7 Å². The molecular formula is C19H20BrN3O3.